The van der Waals surface area contributed by atoms with Crippen molar-refractivity contribution >= 4 is 15.9 Å². The molecule has 4 nitrogen and oxygen atoms in total. The van der Waals surface area contributed by atoms with E-state index in [9.17, 15) is 13.2 Å². The number of rotatable bonds is 5. The summed E-state index contributed by atoms with van der Waals surface area (Å²) in [4.78, 5) is 2.55. The van der Waals surface area contributed by atoms with E-state index in [1.165, 1.54) is 6.07 Å². The zero-order valence-electron chi connectivity index (χ0n) is 9.12. The summed E-state index contributed by atoms with van der Waals surface area (Å²) >= 11 is 2.99. The molecule has 1 rings (SSSR count). The molecule has 0 N–H and O–H groups in total. The van der Waals surface area contributed by atoms with Gasteiger partial charge in [0.2, 0.25) is 0 Å². The minimum atomic E-state index is -4.41. The SMILES string of the molecule is [N-]=[N+]=NCCCOc1cc(Br)cc(C(F)(F)F)c1. The third-order valence-electron chi connectivity index (χ3n) is 1.93. The van der Waals surface area contributed by atoms with E-state index >= 15 is 0 Å². The summed E-state index contributed by atoms with van der Waals surface area (Å²) in [6.45, 7) is 0.434. The molecule has 0 saturated carbocycles. The van der Waals surface area contributed by atoms with Crippen molar-refractivity contribution in [2.24, 2.45) is 5.11 Å². The van der Waals surface area contributed by atoms with Gasteiger partial charge in [-0.1, -0.05) is 21.0 Å². The van der Waals surface area contributed by atoms with Gasteiger partial charge >= 0.3 is 6.18 Å². The van der Waals surface area contributed by atoms with Gasteiger partial charge in [-0.3, -0.25) is 0 Å². The molecule has 18 heavy (non-hydrogen) atoms. The van der Waals surface area contributed by atoms with Gasteiger partial charge in [-0.2, -0.15) is 13.2 Å². The van der Waals surface area contributed by atoms with Gasteiger partial charge in [0.1, 0.15) is 5.75 Å². The predicted octanol–water partition coefficient (Wildman–Crippen LogP) is 4.55. The molecule has 0 radical (unpaired) electrons. The summed E-state index contributed by atoms with van der Waals surface area (Å²) in [6.07, 6.45) is -3.97. The lowest BCUT2D eigenvalue weighted by Gasteiger charge is -2.11. The number of alkyl halides is 3. The van der Waals surface area contributed by atoms with Crippen molar-refractivity contribution in [2.45, 2.75) is 12.6 Å². The molecule has 0 atom stereocenters. The summed E-state index contributed by atoms with van der Waals surface area (Å²) in [5, 5.41) is 3.29. The first kappa shape index (κ1) is 14.7. The van der Waals surface area contributed by atoms with Crippen LogP contribution in [0.25, 0.3) is 10.4 Å². The monoisotopic (exact) mass is 323 g/mol. The maximum Gasteiger partial charge on any atom is 0.416 e. The van der Waals surface area contributed by atoms with Crippen molar-refractivity contribution in [3.63, 3.8) is 0 Å². The van der Waals surface area contributed by atoms with Crippen molar-refractivity contribution in [3.05, 3.63) is 38.7 Å². The molecule has 0 amide bonds. The molecular weight excluding hydrogens is 315 g/mol. The first-order valence-corrected chi connectivity index (χ1v) is 5.74. The zero-order chi connectivity index (χ0) is 13.6. The van der Waals surface area contributed by atoms with Gasteiger partial charge < -0.3 is 4.74 Å². The molecule has 98 valence electrons. The van der Waals surface area contributed by atoms with E-state index in [0.29, 0.717) is 10.9 Å². The summed E-state index contributed by atoms with van der Waals surface area (Å²) < 4.78 is 43.0. The summed E-state index contributed by atoms with van der Waals surface area (Å²) in [7, 11) is 0. The molecule has 0 aliphatic carbocycles. The van der Waals surface area contributed by atoms with Crippen LogP contribution in [0.2, 0.25) is 0 Å². The number of halogens is 4. The molecule has 0 saturated heterocycles. The minimum Gasteiger partial charge on any atom is -0.494 e. The Bertz CT molecular complexity index is 458. The van der Waals surface area contributed by atoms with Crippen LogP contribution in [0.15, 0.2) is 27.8 Å². The highest BCUT2D eigenvalue weighted by Crippen LogP contribution is 2.34. The Morgan fingerprint density at radius 1 is 1.33 bits per heavy atom. The van der Waals surface area contributed by atoms with Gasteiger partial charge in [0, 0.05) is 15.9 Å². The fourth-order valence-electron chi connectivity index (χ4n) is 1.18. The van der Waals surface area contributed by atoms with Gasteiger partial charge in [0.25, 0.3) is 0 Å². The van der Waals surface area contributed by atoms with Crippen LogP contribution < -0.4 is 4.74 Å². The van der Waals surface area contributed by atoms with Crippen LogP contribution in [-0.2, 0) is 6.18 Å². The molecule has 0 aliphatic rings. The Hall–Kier alpha value is -1.40. The van der Waals surface area contributed by atoms with Gasteiger partial charge in [0.05, 0.1) is 12.2 Å². The average molecular weight is 324 g/mol. The van der Waals surface area contributed by atoms with E-state index in [1.807, 2.05) is 0 Å². The first-order chi connectivity index (χ1) is 8.43. The Kier molecular flexibility index (Phi) is 5.30. The largest absolute Gasteiger partial charge is 0.494 e. The maximum absolute atomic E-state index is 12.5. The van der Waals surface area contributed by atoms with Crippen LogP contribution >= 0.6 is 15.9 Å². The molecule has 0 spiro atoms. The fraction of sp³-hybridized carbons (Fsp3) is 0.400. The summed E-state index contributed by atoms with van der Waals surface area (Å²) in [5.41, 5.74) is 7.26. The van der Waals surface area contributed by atoms with Crippen LogP contribution in [0.3, 0.4) is 0 Å². The Balaban J connectivity index is 2.66. The standard InChI is InChI=1S/C10H9BrF3N3O/c11-8-4-7(10(12,13)14)5-9(6-8)18-3-1-2-16-17-15/h4-6H,1-3H2. The quantitative estimate of drug-likeness (QED) is 0.339. The van der Waals surface area contributed by atoms with Gasteiger partial charge in [-0.05, 0) is 30.2 Å². The Morgan fingerprint density at radius 2 is 2.06 bits per heavy atom. The normalized spacial score (nSPS) is 10.9. The van der Waals surface area contributed by atoms with Crippen molar-refractivity contribution in [1.29, 1.82) is 0 Å². The van der Waals surface area contributed by atoms with Gasteiger partial charge in [-0.25, -0.2) is 0 Å². The highest BCUT2D eigenvalue weighted by Gasteiger charge is 2.31. The third kappa shape index (κ3) is 4.85. The molecule has 0 aromatic heterocycles. The second kappa shape index (κ2) is 6.51. The van der Waals surface area contributed by atoms with E-state index in [-0.39, 0.29) is 18.9 Å². The molecule has 0 aliphatic heterocycles. The number of hydrogen-bond acceptors (Lipinski definition) is 2. The van der Waals surface area contributed by atoms with E-state index in [4.69, 9.17) is 10.3 Å². The molecule has 0 unspecified atom stereocenters. The van der Waals surface area contributed by atoms with Crippen molar-refractivity contribution in [1.82, 2.24) is 0 Å². The third-order valence-corrected chi connectivity index (χ3v) is 2.39. The zero-order valence-corrected chi connectivity index (χ0v) is 10.7. The molecule has 0 bridgehead atoms. The lowest BCUT2D eigenvalue weighted by atomic mass is 10.2. The molecule has 0 heterocycles. The molecule has 1 aromatic rings. The number of hydrogen-bond donors (Lipinski definition) is 0. The Labute approximate surface area is 110 Å². The van der Waals surface area contributed by atoms with E-state index in [2.05, 4.69) is 26.0 Å². The van der Waals surface area contributed by atoms with E-state index in [0.717, 1.165) is 12.1 Å². The summed E-state index contributed by atoms with van der Waals surface area (Å²) in [6, 6.07) is 3.36. The number of azide groups is 1. The second-order valence-corrected chi connectivity index (χ2v) is 4.25. The Morgan fingerprint density at radius 3 is 2.67 bits per heavy atom. The predicted molar refractivity (Wildman–Crippen MR) is 63.3 cm³/mol. The number of nitrogens with zero attached hydrogens (tertiary/aromatic N) is 3. The van der Waals surface area contributed by atoms with Gasteiger partial charge in [0.15, 0.2) is 0 Å². The molecule has 1 aromatic carbocycles. The molecule has 0 fully saturated rings. The van der Waals surface area contributed by atoms with E-state index in [1.54, 1.807) is 0 Å². The van der Waals surface area contributed by atoms with Crippen molar-refractivity contribution < 1.29 is 17.9 Å². The first-order valence-electron chi connectivity index (χ1n) is 4.95. The smallest absolute Gasteiger partial charge is 0.416 e. The van der Waals surface area contributed by atoms with Crippen LogP contribution in [0.5, 0.6) is 5.75 Å². The highest BCUT2D eigenvalue weighted by atomic mass is 79.9. The highest BCUT2D eigenvalue weighted by molar-refractivity contribution is 9.10. The number of benzene rings is 1. The lowest BCUT2D eigenvalue weighted by molar-refractivity contribution is -0.137. The average Bonchev–Trinajstić information content (AvgIpc) is 2.27. The lowest BCUT2D eigenvalue weighted by Crippen LogP contribution is -2.06. The number of ether oxygens (including phenoxy) is 1. The maximum atomic E-state index is 12.5. The van der Waals surface area contributed by atoms with E-state index < -0.39 is 11.7 Å². The van der Waals surface area contributed by atoms with Crippen LogP contribution in [-0.4, -0.2) is 13.2 Å². The molecular formula is C10H9BrF3N3O. The van der Waals surface area contributed by atoms with Crippen molar-refractivity contribution in [2.75, 3.05) is 13.2 Å². The van der Waals surface area contributed by atoms with Crippen LogP contribution in [0.1, 0.15) is 12.0 Å². The van der Waals surface area contributed by atoms with Crippen LogP contribution in [0.4, 0.5) is 13.2 Å². The topological polar surface area (TPSA) is 58.0 Å². The fourth-order valence-corrected chi connectivity index (χ4v) is 1.65. The second-order valence-electron chi connectivity index (χ2n) is 3.33. The van der Waals surface area contributed by atoms with Crippen molar-refractivity contribution in [3.8, 4) is 5.75 Å². The van der Waals surface area contributed by atoms with Gasteiger partial charge in [-0.15, -0.1) is 0 Å². The van der Waals surface area contributed by atoms with Crippen LogP contribution in [0, 0.1) is 0 Å². The summed E-state index contributed by atoms with van der Waals surface area (Å²) in [5.74, 6) is 0.123. The minimum absolute atomic E-state index is 0.123. The molecule has 8 heteroatoms.